The molecule has 0 heterocycles. The van der Waals surface area contributed by atoms with E-state index in [1.54, 1.807) is 19.2 Å². The number of aryl methyl sites for hydroxylation is 1. The van der Waals surface area contributed by atoms with Crippen molar-refractivity contribution < 1.29 is 14.6 Å². The molecule has 0 saturated heterocycles. The second kappa shape index (κ2) is 6.75. The lowest BCUT2D eigenvalue weighted by Crippen LogP contribution is -2.12. The zero-order chi connectivity index (χ0) is 14.4. The molecule has 0 bridgehead atoms. The lowest BCUT2D eigenvalue weighted by Gasteiger charge is -2.13. The predicted octanol–water partition coefficient (Wildman–Crippen LogP) is 3.50. The molecule has 2 aromatic carbocycles. The molecule has 0 radical (unpaired) electrons. The van der Waals surface area contributed by atoms with E-state index in [9.17, 15) is 9.90 Å². The van der Waals surface area contributed by atoms with Crippen LogP contribution < -0.4 is 4.74 Å². The van der Waals surface area contributed by atoms with Crippen LogP contribution in [0.3, 0.4) is 0 Å². The zero-order valence-electron chi connectivity index (χ0n) is 11.5. The van der Waals surface area contributed by atoms with Gasteiger partial charge < -0.3 is 9.84 Å². The van der Waals surface area contributed by atoms with Gasteiger partial charge in [-0.15, -0.1) is 0 Å². The Labute approximate surface area is 118 Å². The average Bonchev–Trinajstić information content (AvgIpc) is 2.49. The molecular formula is C17H18O3. The fourth-order valence-electron chi connectivity index (χ4n) is 2.22. The molecule has 0 aromatic heterocycles. The topological polar surface area (TPSA) is 46.5 Å². The Morgan fingerprint density at radius 1 is 1.10 bits per heavy atom. The van der Waals surface area contributed by atoms with Crippen molar-refractivity contribution >= 4 is 5.97 Å². The molecule has 3 nitrogen and oxygen atoms in total. The number of aliphatic carboxylic acids is 1. The van der Waals surface area contributed by atoms with Crippen LogP contribution in [0.15, 0.2) is 54.6 Å². The van der Waals surface area contributed by atoms with Crippen LogP contribution in [0.1, 0.15) is 23.5 Å². The third kappa shape index (κ3) is 3.60. The summed E-state index contributed by atoms with van der Waals surface area (Å²) in [6, 6.07) is 17.2. The fourth-order valence-corrected chi connectivity index (χ4v) is 2.22. The highest BCUT2D eigenvalue weighted by Crippen LogP contribution is 2.24. The molecule has 2 aromatic rings. The van der Waals surface area contributed by atoms with E-state index in [4.69, 9.17) is 4.74 Å². The summed E-state index contributed by atoms with van der Waals surface area (Å²) in [4.78, 5) is 11.4. The second-order valence-corrected chi connectivity index (χ2v) is 4.69. The summed E-state index contributed by atoms with van der Waals surface area (Å²) in [6.45, 7) is 0. The van der Waals surface area contributed by atoms with Crippen LogP contribution >= 0.6 is 0 Å². The van der Waals surface area contributed by atoms with Crippen LogP contribution in [0.5, 0.6) is 5.75 Å². The zero-order valence-corrected chi connectivity index (χ0v) is 11.5. The Kier molecular flexibility index (Phi) is 4.77. The molecule has 0 fully saturated rings. The molecule has 104 valence electrons. The first-order valence-electron chi connectivity index (χ1n) is 6.61. The van der Waals surface area contributed by atoms with E-state index < -0.39 is 11.9 Å². The quantitative estimate of drug-likeness (QED) is 0.874. The maximum Gasteiger partial charge on any atom is 0.310 e. The molecule has 20 heavy (non-hydrogen) atoms. The minimum atomic E-state index is -0.786. The minimum Gasteiger partial charge on any atom is -0.497 e. The Morgan fingerprint density at radius 2 is 1.75 bits per heavy atom. The van der Waals surface area contributed by atoms with Crippen molar-refractivity contribution in [3.63, 3.8) is 0 Å². The molecule has 0 saturated carbocycles. The molecular weight excluding hydrogens is 252 g/mol. The SMILES string of the molecule is COc1ccc([C@H](CCc2ccccc2)C(=O)O)cc1. The van der Waals surface area contributed by atoms with Crippen molar-refractivity contribution in [1.29, 1.82) is 0 Å². The smallest absolute Gasteiger partial charge is 0.310 e. The molecule has 0 aliphatic rings. The maximum absolute atomic E-state index is 11.4. The average molecular weight is 270 g/mol. The standard InChI is InChI=1S/C17H18O3/c1-20-15-10-8-14(9-11-15)16(17(18)19)12-7-13-5-3-2-4-6-13/h2-6,8-11,16H,7,12H2,1H3,(H,18,19)/t16-/m0/s1. The lowest BCUT2D eigenvalue weighted by atomic mass is 9.92. The monoisotopic (exact) mass is 270 g/mol. The molecule has 2 rings (SSSR count). The number of carboxylic acids is 1. The third-order valence-corrected chi connectivity index (χ3v) is 3.38. The second-order valence-electron chi connectivity index (χ2n) is 4.69. The number of hydrogen-bond donors (Lipinski definition) is 1. The number of carbonyl (C=O) groups is 1. The molecule has 1 N–H and O–H groups in total. The van der Waals surface area contributed by atoms with Gasteiger partial charge in [-0.2, -0.15) is 0 Å². The van der Waals surface area contributed by atoms with Crippen LogP contribution in [0.4, 0.5) is 0 Å². The van der Waals surface area contributed by atoms with Gasteiger partial charge in [0, 0.05) is 0 Å². The molecule has 0 aliphatic heterocycles. The predicted molar refractivity (Wildman–Crippen MR) is 78.1 cm³/mol. The number of carboxylic acid groups (broad SMARTS) is 1. The van der Waals surface area contributed by atoms with Crippen LogP contribution in [-0.2, 0) is 11.2 Å². The number of benzene rings is 2. The van der Waals surface area contributed by atoms with Gasteiger partial charge in [0.2, 0.25) is 0 Å². The summed E-state index contributed by atoms with van der Waals surface area (Å²) < 4.78 is 5.09. The Bertz CT molecular complexity index is 546. The van der Waals surface area contributed by atoms with Crippen molar-refractivity contribution in [2.45, 2.75) is 18.8 Å². The van der Waals surface area contributed by atoms with Gasteiger partial charge in [0.1, 0.15) is 5.75 Å². The first-order chi connectivity index (χ1) is 9.70. The summed E-state index contributed by atoms with van der Waals surface area (Å²) in [7, 11) is 1.60. The Hall–Kier alpha value is -2.29. The first kappa shape index (κ1) is 14.1. The van der Waals surface area contributed by atoms with Crippen molar-refractivity contribution in [3.05, 3.63) is 65.7 Å². The van der Waals surface area contributed by atoms with Gasteiger partial charge in [-0.05, 0) is 36.1 Å². The van der Waals surface area contributed by atoms with Crippen LogP contribution in [0.2, 0.25) is 0 Å². The summed E-state index contributed by atoms with van der Waals surface area (Å²) in [6.07, 6.45) is 1.34. The molecule has 0 aliphatic carbocycles. The van der Waals surface area contributed by atoms with Gasteiger partial charge in [-0.1, -0.05) is 42.5 Å². The normalized spacial score (nSPS) is 11.8. The molecule has 0 amide bonds. The molecule has 0 unspecified atom stereocenters. The summed E-state index contributed by atoms with van der Waals surface area (Å²) in [5, 5.41) is 9.40. The van der Waals surface area contributed by atoms with Crippen molar-refractivity contribution in [3.8, 4) is 5.75 Å². The van der Waals surface area contributed by atoms with Crippen molar-refractivity contribution in [2.75, 3.05) is 7.11 Å². The minimum absolute atomic E-state index is 0.485. The highest BCUT2D eigenvalue weighted by molar-refractivity contribution is 5.76. The van der Waals surface area contributed by atoms with Crippen molar-refractivity contribution in [2.24, 2.45) is 0 Å². The highest BCUT2D eigenvalue weighted by atomic mass is 16.5. The van der Waals surface area contributed by atoms with E-state index in [0.29, 0.717) is 6.42 Å². The van der Waals surface area contributed by atoms with E-state index in [1.165, 1.54) is 0 Å². The molecule has 0 spiro atoms. The van der Waals surface area contributed by atoms with Crippen LogP contribution in [0.25, 0.3) is 0 Å². The van der Waals surface area contributed by atoms with Gasteiger partial charge >= 0.3 is 5.97 Å². The van der Waals surface area contributed by atoms with Gasteiger partial charge in [-0.25, -0.2) is 0 Å². The van der Waals surface area contributed by atoms with Crippen LogP contribution in [0, 0.1) is 0 Å². The number of ether oxygens (including phenoxy) is 1. The number of hydrogen-bond acceptors (Lipinski definition) is 2. The lowest BCUT2D eigenvalue weighted by molar-refractivity contribution is -0.138. The summed E-state index contributed by atoms with van der Waals surface area (Å²) in [5.74, 6) is -0.534. The van der Waals surface area contributed by atoms with Crippen LogP contribution in [-0.4, -0.2) is 18.2 Å². The van der Waals surface area contributed by atoms with E-state index in [0.717, 1.165) is 23.3 Å². The van der Waals surface area contributed by atoms with E-state index in [-0.39, 0.29) is 0 Å². The highest BCUT2D eigenvalue weighted by Gasteiger charge is 2.19. The summed E-state index contributed by atoms with van der Waals surface area (Å²) in [5.41, 5.74) is 1.97. The molecule has 3 heteroatoms. The fraction of sp³-hybridized carbons (Fsp3) is 0.235. The summed E-state index contributed by atoms with van der Waals surface area (Å²) >= 11 is 0. The van der Waals surface area contributed by atoms with Gasteiger partial charge in [-0.3, -0.25) is 4.79 Å². The van der Waals surface area contributed by atoms with E-state index >= 15 is 0 Å². The van der Waals surface area contributed by atoms with Gasteiger partial charge in [0.15, 0.2) is 0 Å². The maximum atomic E-state index is 11.4. The van der Waals surface area contributed by atoms with Crippen molar-refractivity contribution in [1.82, 2.24) is 0 Å². The first-order valence-corrected chi connectivity index (χ1v) is 6.61. The van der Waals surface area contributed by atoms with E-state index in [2.05, 4.69) is 0 Å². The van der Waals surface area contributed by atoms with Gasteiger partial charge in [0.25, 0.3) is 0 Å². The number of methoxy groups -OCH3 is 1. The van der Waals surface area contributed by atoms with E-state index in [1.807, 2.05) is 42.5 Å². The third-order valence-electron chi connectivity index (χ3n) is 3.38. The Balaban J connectivity index is 2.08. The Morgan fingerprint density at radius 3 is 2.30 bits per heavy atom. The van der Waals surface area contributed by atoms with Gasteiger partial charge in [0.05, 0.1) is 13.0 Å². The largest absolute Gasteiger partial charge is 0.497 e. The molecule has 1 atom stereocenters. The number of rotatable bonds is 6.